The molecule has 3 rings (SSSR count). The summed E-state index contributed by atoms with van der Waals surface area (Å²) < 4.78 is 84.7. The van der Waals surface area contributed by atoms with E-state index < -0.39 is 57.5 Å². The molecule has 11 heteroatoms. The van der Waals surface area contributed by atoms with Crippen LogP contribution in [0, 0.1) is 17.8 Å². The quantitative estimate of drug-likeness (QED) is 0.580. The number of alkyl halides is 4. The number of hydrogen-bond donors (Lipinski definition) is 2. The van der Waals surface area contributed by atoms with E-state index in [-0.39, 0.29) is 24.9 Å². The summed E-state index contributed by atoms with van der Waals surface area (Å²) in [5.74, 6) is -4.12. The van der Waals surface area contributed by atoms with Gasteiger partial charge in [-0.3, -0.25) is 4.79 Å². The number of carbonyl (C=O) groups is 1. The van der Waals surface area contributed by atoms with Crippen LogP contribution in [0.1, 0.15) is 71.1 Å². The maximum atomic E-state index is 13.8. The second-order valence-electron chi connectivity index (χ2n) is 9.79. The van der Waals surface area contributed by atoms with Crippen molar-refractivity contribution in [2.75, 3.05) is 0 Å². The average molecular weight is 487 g/mol. The van der Waals surface area contributed by atoms with Crippen LogP contribution in [0.3, 0.4) is 0 Å². The fourth-order valence-electron chi connectivity index (χ4n) is 5.63. The van der Waals surface area contributed by atoms with E-state index in [9.17, 15) is 30.8 Å². The van der Waals surface area contributed by atoms with E-state index in [1.807, 2.05) is 6.92 Å². The summed E-state index contributed by atoms with van der Waals surface area (Å²) in [5, 5.41) is 7.11. The van der Waals surface area contributed by atoms with Crippen LogP contribution in [-0.4, -0.2) is 50.2 Å². The van der Waals surface area contributed by atoms with Gasteiger partial charge in [0.25, 0.3) is 0 Å². The molecule has 0 bridgehead atoms. The Balaban J connectivity index is 1.74. The van der Waals surface area contributed by atoms with E-state index in [4.69, 9.17) is 9.88 Å². The molecule has 3 N–H and O–H groups in total. The Hall–Kier alpha value is -0.940. The molecule has 6 nitrogen and oxygen atoms in total. The van der Waals surface area contributed by atoms with Gasteiger partial charge in [0.15, 0.2) is 0 Å². The zero-order valence-corrected chi connectivity index (χ0v) is 19.1. The zero-order valence-electron chi connectivity index (χ0n) is 18.3. The van der Waals surface area contributed by atoms with Crippen molar-refractivity contribution < 1.29 is 35.5 Å². The number of hydrogen-bond acceptors (Lipinski definition) is 4. The highest BCUT2D eigenvalue weighted by atomic mass is 32.2. The third-order valence-electron chi connectivity index (χ3n) is 7.37. The number of sulfonamides is 1. The second kappa shape index (κ2) is 10.1. The van der Waals surface area contributed by atoms with Crippen LogP contribution in [0.15, 0.2) is 0 Å². The highest BCUT2D eigenvalue weighted by Gasteiger charge is 2.53. The molecule has 3 aliphatic rings. The third-order valence-corrected chi connectivity index (χ3v) is 8.73. The van der Waals surface area contributed by atoms with Crippen LogP contribution in [0.25, 0.3) is 0 Å². The molecule has 3 saturated carbocycles. The molecular weight excluding hydrogens is 452 g/mol. The van der Waals surface area contributed by atoms with E-state index >= 15 is 0 Å². The van der Waals surface area contributed by atoms with E-state index in [1.165, 1.54) is 0 Å². The zero-order chi connectivity index (χ0) is 23.7. The summed E-state index contributed by atoms with van der Waals surface area (Å²) in [6.07, 6.45) is -3.80. The van der Waals surface area contributed by atoms with Gasteiger partial charge in [0.2, 0.25) is 15.9 Å². The van der Waals surface area contributed by atoms with Crippen molar-refractivity contribution in [3.05, 3.63) is 0 Å². The maximum Gasteiger partial charge on any atom is 0.392 e. The van der Waals surface area contributed by atoms with Gasteiger partial charge in [-0.05, 0) is 57.3 Å². The molecule has 0 saturated heterocycles. The van der Waals surface area contributed by atoms with Crippen molar-refractivity contribution in [3.63, 3.8) is 0 Å². The number of rotatable bonds is 5. The maximum absolute atomic E-state index is 13.8. The summed E-state index contributed by atoms with van der Waals surface area (Å²) in [6.45, 7) is 1.82. The lowest BCUT2D eigenvalue weighted by atomic mass is 9.75. The van der Waals surface area contributed by atoms with Gasteiger partial charge in [-0.1, -0.05) is 19.8 Å². The number of primary sulfonamides is 1. The van der Waals surface area contributed by atoms with Crippen LogP contribution in [0.5, 0.6) is 0 Å². The number of nitrogens with one attached hydrogen (secondary N) is 1. The fraction of sp³-hybridized carbons (Fsp3) is 0.952. The summed E-state index contributed by atoms with van der Waals surface area (Å²) >= 11 is 0. The topological polar surface area (TPSA) is 98.5 Å². The number of halogens is 4. The predicted molar refractivity (Wildman–Crippen MR) is 111 cm³/mol. The number of amides is 1. The minimum Gasteiger partial charge on any atom is -0.374 e. The molecule has 32 heavy (non-hydrogen) atoms. The smallest absolute Gasteiger partial charge is 0.374 e. The van der Waals surface area contributed by atoms with Crippen molar-refractivity contribution in [1.82, 2.24) is 5.32 Å². The fourth-order valence-corrected chi connectivity index (χ4v) is 6.63. The van der Waals surface area contributed by atoms with Gasteiger partial charge in [0.1, 0.15) is 6.17 Å². The average Bonchev–Trinajstić information content (AvgIpc) is 2.69. The van der Waals surface area contributed by atoms with Gasteiger partial charge >= 0.3 is 6.18 Å². The van der Waals surface area contributed by atoms with E-state index in [0.717, 1.165) is 0 Å². The molecule has 3 fully saturated rings. The van der Waals surface area contributed by atoms with Crippen molar-refractivity contribution in [2.45, 2.75) is 107 Å². The van der Waals surface area contributed by atoms with Crippen LogP contribution in [0.4, 0.5) is 17.6 Å². The first-order valence-corrected chi connectivity index (χ1v) is 13.2. The van der Waals surface area contributed by atoms with Gasteiger partial charge in [-0.25, -0.2) is 17.9 Å². The van der Waals surface area contributed by atoms with Gasteiger partial charge in [-0.15, -0.1) is 0 Å². The molecular formula is C21H34F4N2O4S. The molecule has 8 unspecified atom stereocenters. The van der Waals surface area contributed by atoms with Crippen LogP contribution in [-0.2, 0) is 19.6 Å². The van der Waals surface area contributed by atoms with E-state index in [1.54, 1.807) is 0 Å². The monoisotopic (exact) mass is 486 g/mol. The normalized spacial score (nSPS) is 39.4. The minimum absolute atomic E-state index is 0.0943. The molecule has 0 spiro atoms. The van der Waals surface area contributed by atoms with Crippen LogP contribution >= 0.6 is 0 Å². The number of nitrogens with two attached hydrogens (primary N) is 1. The lowest BCUT2D eigenvalue weighted by Crippen LogP contribution is -2.54. The molecule has 0 aliphatic heterocycles. The number of carbonyl (C=O) groups excluding carboxylic acids is 1. The molecule has 1 amide bonds. The molecule has 0 aromatic carbocycles. The Morgan fingerprint density at radius 2 is 1.69 bits per heavy atom. The first-order valence-electron chi connectivity index (χ1n) is 11.5. The molecule has 186 valence electrons. The molecule has 0 aromatic rings. The SMILES string of the molecule is CC1CC(F)CCC1OC1CCCC(C(F)(F)F)C1C(=O)NC1CCCC(S(N)(=O)=O)C1. The highest BCUT2D eigenvalue weighted by Crippen LogP contribution is 2.44. The first-order chi connectivity index (χ1) is 14.9. The standard InChI is InChI=1S/C21H34F4N2O4S/c1-12-10-13(22)8-9-17(12)31-18-7-3-6-16(21(23,24)25)19(18)20(28)27-14-4-2-5-15(11-14)32(26,29)30/h12-19H,2-11H2,1H3,(H,27,28)(H2,26,29,30). The van der Waals surface area contributed by atoms with Crippen LogP contribution in [0.2, 0.25) is 0 Å². The van der Waals surface area contributed by atoms with Crippen molar-refractivity contribution in [1.29, 1.82) is 0 Å². The Kier molecular flexibility index (Phi) is 8.13. The van der Waals surface area contributed by atoms with Gasteiger partial charge in [-0.2, -0.15) is 13.2 Å². The minimum atomic E-state index is -4.55. The van der Waals surface area contributed by atoms with Crippen molar-refractivity contribution in [3.8, 4) is 0 Å². The van der Waals surface area contributed by atoms with Gasteiger partial charge < -0.3 is 10.1 Å². The number of ether oxygens (including phenoxy) is 1. The Bertz CT molecular complexity index is 763. The largest absolute Gasteiger partial charge is 0.392 e. The summed E-state index contributed by atoms with van der Waals surface area (Å²) in [6, 6.07) is -0.545. The molecule has 0 radical (unpaired) electrons. The molecule has 3 aliphatic carbocycles. The predicted octanol–water partition coefficient (Wildman–Crippen LogP) is 3.59. The van der Waals surface area contributed by atoms with Gasteiger partial charge in [0.05, 0.1) is 29.3 Å². The highest BCUT2D eigenvalue weighted by molar-refractivity contribution is 7.89. The Morgan fingerprint density at radius 3 is 2.31 bits per heavy atom. The van der Waals surface area contributed by atoms with Crippen molar-refractivity contribution >= 4 is 15.9 Å². The lowest BCUT2D eigenvalue weighted by molar-refractivity contribution is -0.220. The van der Waals surface area contributed by atoms with Gasteiger partial charge in [0, 0.05) is 6.04 Å². The van der Waals surface area contributed by atoms with Crippen LogP contribution < -0.4 is 10.5 Å². The third kappa shape index (κ3) is 6.34. The van der Waals surface area contributed by atoms with Crippen molar-refractivity contribution in [2.24, 2.45) is 22.9 Å². The van der Waals surface area contributed by atoms with E-state index in [0.29, 0.717) is 51.4 Å². The Morgan fingerprint density at radius 1 is 1.00 bits per heavy atom. The summed E-state index contributed by atoms with van der Waals surface area (Å²) in [4.78, 5) is 13.1. The summed E-state index contributed by atoms with van der Waals surface area (Å²) in [5.41, 5.74) is 0. The molecule has 0 heterocycles. The second-order valence-corrected chi connectivity index (χ2v) is 11.6. The first kappa shape index (κ1) is 25.7. The molecule has 8 atom stereocenters. The van der Waals surface area contributed by atoms with E-state index in [2.05, 4.69) is 5.32 Å². The molecule has 0 aromatic heterocycles. The summed E-state index contributed by atoms with van der Waals surface area (Å²) in [7, 11) is -3.78. The lowest BCUT2D eigenvalue weighted by Gasteiger charge is -2.42. The Labute approximate surface area is 187 Å².